The highest BCUT2D eigenvalue weighted by molar-refractivity contribution is 14.0. The van der Waals surface area contributed by atoms with E-state index in [2.05, 4.69) is 25.8 Å². The molecular weight excluding hydrogens is 473 g/mol. The van der Waals surface area contributed by atoms with Crippen molar-refractivity contribution in [3.8, 4) is 0 Å². The number of aliphatic imine (C=N–C) groups is 1. The van der Waals surface area contributed by atoms with Crippen molar-refractivity contribution >= 4 is 36.0 Å². The van der Waals surface area contributed by atoms with Gasteiger partial charge < -0.3 is 25.4 Å². The van der Waals surface area contributed by atoms with Gasteiger partial charge in [-0.25, -0.2) is 4.79 Å². The van der Waals surface area contributed by atoms with Gasteiger partial charge in [-0.1, -0.05) is 0 Å². The first-order valence-corrected chi connectivity index (χ1v) is 9.89. The minimum absolute atomic E-state index is 0. The van der Waals surface area contributed by atoms with Gasteiger partial charge in [-0.05, 0) is 54.0 Å². The lowest BCUT2D eigenvalue weighted by atomic mass is 10.1. The summed E-state index contributed by atoms with van der Waals surface area (Å²) >= 11 is 0. The SMILES string of the molecule is CN=C(NCC1CN2CCCC2CO1)NCC(C)(C)NC(=O)OC(C)(C)C.I. The lowest BCUT2D eigenvalue weighted by Gasteiger charge is -2.35. The van der Waals surface area contributed by atoms with Crippen molar-refractivity contribution < 1.29 is 14.3 Å². The van der Waals surface area contributed by atoms with E-state index in [1.807, 2.05) is 34.6 Å². The molecule has 0 aromatic heterocycles. The predicted octanol–water partition coefficient (Wildman–Crippen LogP) is 1.94. The first-order chi connectivity index (χ1) is 12.6. The van der Waals surface area contributed by atoms with Crippen molar-refractivity contribution in [2.24, 2.45) is 4.99 Å². The highest BCUT2D eigenvalue weighted by Crippen LogP contribution is 2.22. The summed E-state index contributed by atoms with van der Waals surface area (Å²) in [6, 6.07) is 0.610. The standard InChI is InChI=1S/C19H37N5O3.HI/c1-18(2,3)27-17(25)23-19(4,5)13-22-16(20-6)21-10-15-11-24-9-7-8-14(24)12-26-15;/h14-15H,7-13H2,1-6H3,(H,23,25)(H2,20,21,22);1H. The number of hydrogen-bond acceptors (Lipinski definition) is 5. The molecule has 9 heteroatoms. The summed E-state index contributed by atoms with van der Waals surface area (Å²) in [5.74, 6) is 0.696. The van der Waals surface area contributed by atoms with E-state index in [0.29, 0.717) is 25.1 Å². The average molecular weight is 511 g/mol. The number of guanidine groups is 1. The number of amides is 1. The number of hydrogen-bond donors (Lipinski definition) is 3. The molecule has 2 atom stereocenters. The maximum Gasteiger partial charge on any atom is 0.408 e. The fraction of sp³-hybridized carbons (Fsp3) is 0.895. The van der Waals surface area contributed by atoms with Crippen LogP contribution in [0.1, 0.15) is 47.5 Å². The highest BCUT2D eigenvalue weighted by Gasteiger charge is 2.32. The third kappa shape index (κ3) is 8.69. The van der Waals surface area contributed by atoms with Gasteiger partial charge in [0.1, 0.15) is 5.60 Å². The van der Waals surface area contributed by atoms with Gasteiger partial charge in [0.15, 0.2) is 5.96 Å². The molecule has 8 nitrogen and oxygen atoms in total. The van der Waals surface area contributed by atoms with Gasteiger partial charge in [-0.2, -0.15) is 0 Å². The smallest absolute Gasteiger partial charge is 0.408 e. The molecule has 3 N–H and O–H groups in total. The summed E-state index contributed by atoms with van der Waals surface area (Å²) in [5.41, 5.74) is -0.996. The topological polar surface area (TPSA) is 87.2 Å². The maximum absolute atomic E-state index is 12.0. The van der Waals surface area contributed by atoms with E-state index in [4.69, 9.17) is 9.47 Å². The second kappa shape index (κ2) is 10.8. The molecule has 2 rings (SSSR count). The van der Waals surface area contributed by atoms with Crippen LogP contribution >= 0.6 is 24.0 Å². The van der Waals surface area contributed by atoms with Gasteiger partial charge in [0.25, 0.3) is 0 Å². The zero-order chi connectivity index (χ0) is 20.1. The minimum atomic E-state index is -0.514. The zero-order valence-electron chi connectivity index (χ0n) is 18.1. The number of rotatable bonds is 5. The van der Waals surface area contributed by atoms with E-state index < -0.39 is 17.2 Å². The molecule has 164 valence electrons. The molecule has 0 aliphatic carbocycles. The zero-order valence-corrected chi connectivity index (χ0v) is 20.5. The van der Waals surface area contributed by atoms with E-state index >= 15 is 0 Å². The fourth-order valence-corrected chi connectivity index (χ4v) is 3.37. The third-order valence-corrected chi connectivity index (χ3v) is 4.72. The van der Waals surface area contributed by atoms with Gasteiger partial charge in [0.05, 0.1) is 18.2 Å². The summed E-state index contributed by atoms with van der Waals surface area (Å²) in [6.07, 6.45) is 2.28. The Labute approximate surface area is 186 Å². The van der Waals surface area contributed by atoms with Crippen LogP contribution < -0.4 is 16.0 Å². The molecule has 2 unspecified atom stereocenters. The van der Waals surface area contributed by atoms with Crippen LogP contribution in [-0.4, -0.2) is 80.1 Å². The number of fused-ring (bicyclic) bond motifs is 1. The van der Waals surface area contributed by atoms with E-state index in [-0.39, 0.29) is 30.1 Å². The molecule has 0 aromatic carbocycles. The third-order valence-electron chi connectivity index (χ3n) is 4.72. The Kier molecular flexibility index (Phi) is 9.75. The summed E-state index contributed by atoms with van der Waals surface area (Å²) in [5, 5.41) is 9.47. The Morgan fingerprint density at radius 3 is 2.61 bits per heavy atom. The van der Waals surface area contributed by atoms with Crippen LogP contribution in [0.5, 0.6) is 0 Å². The van der Waals surface area contributed by atoms with Gasteiger partial charge >= 0.3 is 6.09 Å². The van der Waals surface area contributed by atoms with Crippen molar-refractivity contribution in [1.29, 1.82) is 0 Å². The van der Waals surface area contributed by atoms with Crippen molar-refractivity contribution in [2.75, 3.05) is 39.8 Å². The Morgan fingerprint density at radius 2 is 1.96 bits per heavy atom. The summed E-state index contributed by atoms with van der Waals surface area (Å²) in [7, 11) is 1.74. The van der Waals surface area contributed by atoms with Gasteiger partial charge in [0.2, 0.25) is 0 Å². The van der Waals surface area contributed by atoms with Crippen molar-refractivity contribution in [3.63, 3.8) is 0 Å². The highest BCUT2D eigenvalue weighted by atomic mass is 127. The van der Waals surface area contributed by atoms with E-state index in [1.165, 1.54) is 19.4 Å². The Bertz CT molecular complexity index is 536. The van der Waals surface area contributed by atoms with Crippen LogP contribution in [0, 0.1) is 0 Å². The maximum atomic E-state index is 12.0. The monoisotopic (exact) mass is 511 g/mol. The minimum Gasteiger partial charge on any atom is -0.444 e. The number of carbonyl (C=O) groups excluding carboxylic acids is 1. The van der Waals surface area contributed by atoms with Crippen LogP contribution in [0.3, 0.4) is 0 Å². The molecule has 0 aromatic rings. The lowest BCUT2D eigenvalue weighted by molar-refractivity contribution is -0.0453. The van der Waals surface area contributed by atoms with Gasteiger partial charge in [-0.15, -0.1) is 24.0 Å². The van der Waals surface area contributed by atoms with Crippen molar-refractivity contribution in [1.82, 2.24) is 20.9 Å². The Morgan fingerprint density at radius 1 is 1.25 bits per heavy atom. The predicted molar refractivity (Wildman–Crippen MR) is 123 cm³/mol. The van der Waals surface area contributed by atoms with Gasteiger partial charge in [-0.3, -0.25) is 9.89 Å². The molecule has 2 saturated heterocycles. The molecule has 2 aliphatic rings. The molecule has 0 bridgehead atoms. The first-order valence-electron chi connectivity index (χ1n) is 9.89. The molecule has 28 heavy (non-hydrogen) atoms. The number of ether oxygens (including phenoxy) is 2. The van der Waals surface area contributed by atoms with Crippen molar-refractivity contribution in [3.05, 3.63) is 0 Å². The molecular formula is C19H38IN5O3. The molecule has 2 aliphatic heterocycles. The summed E-state index contributed by atoms with van der Waals surface area (Å²) < 4.78 is 11.3. The van der Waals surface area contributed by atoms with E-state index in [0.717, 1.165) is 13.2 Å². The van der Waals surface area contributed by atoms with Crippen molar-refractivity contribution in [2.45, 2.75) is 70.7 Å². The Hall–Kier alpha value is -0.810. The summed E-state index contributed by atoms with van der Waals surface area (Å²) in [4.78, 5) is 18.8. The summed E-state index contributed by atoms with van der Waals surface area (Å²) in [6.45, 7) is 13.6. The second-order valence-electron chi connectivity index (χ2n) is 9.06. The number of nitrogens with one attached hydrogen (secondary N) is 3. The van der Waals surface area contributed by atoms with Crippen LogP contribution in [-0.2, 0) is 9.47 Å². The molecule has 0 saturated carbocycles. The molecule has 2 heterocycles. The van der Waals surface area contributed by atoms with Crippen LogP contribution in [0.2, 0.25) is 0 Å². The quantitative estimate of drug-likeness (QED) is 0.297. The average Bonchev–Trinajstić information content (AvgIpc) is 3.00. The normalized spacial score (nSPS) is 23.4. The molecule has 1 amide bonds. The molecule has 0 spiro atoms. The van der Waals surface area contributed by atoms with Crippen LogP contribution in [0.15, 0.2) is 4.99 Å². The number of nitrogens with zero attached hydrogens (tertiary/aromatic N) is 2. The lowest BCUT2D eigenvalue weighted by Crippen LogP contribution is -2.55. The number of morpholine rings is 1. The van der Waals surface area contributed by atoms with Crippen LogP contribution in [0.25, 0.3) is 0 Å². The fourth-order valence-electron chi connectivity index (χ4n) is 3.37. The number of halogens is 1. The molecule has 0 radical (unpaired) electrons. The van der Waals surface area contributed by atoms with E-state index in [1.54, 1.807) is 7.05 Å². The van der Waals surface area contributed by atoms with Gasteiger partial charge in [0, 0.05) is 32.7 Å². The largest absolute Gasteiger partial charge is 0.444 e. The van der Waals surface area contributed by atoms with E-state index in [9.17, 15) is 4.79 Å². The number of carbonyl (C=O) groups is 1. The molecule has 2 fully saturated rings. The number of alkyl carbamates (subject to hydrolysis) is 1. The Balaban J connectivity index is 0.00000392. The second-order valence-corrected chi connectivity index (χ2v) is 9.06. The van der Waals surface area contributed by atoms with Crippen LogP contribution in [0.4, 0.5) is 4.79 Å². The first kappa shape index (κ1) is 25.2.